The van der Waals surface area contributed by atoms with E-state index in [0.717, 1.165) is 11.1 Å². The van der Waals surface area contributed by atoms with Gasteiger partial charge in [0.25, 0.3) is 0 Å². The van der Waals surface area contributed by atoms with Gasteiger partial charge in [0.1, 0.15) is 20.7 Å². The van der Waals surface area contributed by atoms with Crippen molar-refractivity contribution >= 4 is 47.0 Å². The first kappa shape index (κ1) is 26.8. The minimum absolute atomic E-state index is 0.144. The first-order valence-electron chi connectivity index (χ1n) is 10.4. The molecule has 0 amide bonds. The van der Waals surface area contributed by atoms with Crippen LogP contribution in [0.4, 0.5) is 0 Å². The molecule has 2 aromatic rings. The largest absolute Gasteiger partial charge is 0.507 e. The summed E-state index contributed by atoms with van der Waals surface area (Å²) in [7, 11) is 0. The minimum Gasteiger partial charge on any atom is -0.507 e. The second-order valence-corrected chi connectivity index (χ2v) is 13.4. The van der Waals surface area contributed by atoms with Crippen LogP contribution in [0.15, 0.2) is 24.3 Å². The molecule has 0 spiro atoms. The standard InChI is InChI=1S/C22H26N2O6S4/c1-13-3-15-9-31-19(7-23(27)28)33-11-17-5-14(2)6-18(22(17)26)12-34-20(8-24(29)30)32-10-16(4-13)21(15)25/h3-6,19-20,25-26H,7-12H2,1-2H3. The molecule has 0 atom stereocenters. The molecular weight excluding hydrogens is 517 g/mol. The summed E-state index contributed by atoms with van der Waals surface area (Å²) in [5.41, 5.74) is 4.69. The topological polar surface area (TPSA) is 127 Å². The highest BCUT2D eigenvalue weighted by Gasteiger charge is 2.23. The van der Waals surface area contributed by atoms with Gasteiger partial charge in [-0.3, -0.25) is 20.2 Å². The summed E-state index contributed by atoms with van der Waals surface area (Å²) in [6, 6.07) is 7.48. The first-order chi connectivity index (χ1) is 16.1. The number of nitro groups is 2. The molecule has 0 saturated heterocycles. The van der Waals surface area contributed by atoms with Crippen molar-refractivity contribution in [3.63, 3.8) is 0 Å². The lowest BCUT2D eigenvalue weighted by Gasteiger charge is -2.19. The normalized spacial score (nSPS) is 19.5. The van der Waals surface area contributed by atoms with E-state index in [1.165, 1.54) is 47.0 Å². The third kappa shape index (κ3) is 7.62. The van der Waals surface area contributed by atoms with Crippen LogP contribution >= 0.6 is 47.0 Å². The lowest BCUT2D eigenvalue weighted by molar-refractivity contribution is -0.476. The zero-order valence-corrected chi connectivity index (χ0v) is 22.0. The molecule has 3 rings (SSSR count). The van der Waals surface area contributed by atoms with Gasteiger partial charge in [0.15, 0.2) is 0 Å². The van der Waals surface area contributed by atoms with Gasteiger partial charge in [0.05, 0.1) is 0 Å². The average molecular weight is 543 g/mol. The van der Waals surface area contributed by atoms with Crippen LogP contribution in [0, 0.1) is 34.1 Å². The zero-order chi connectivity index (χ0) is 24.8. The van der Waals surface area contributed by atoms with E-state index < -0.39 is 0 Å². The molecule has 1 aliphatic heterocycles. The molecule has 34 heavy (non-hydrogen) atoms. The number of fused-ring (bicyclic) bond motifs is 4. The fraction of sp³-hybridized carbons (Fsp3) is 0.455. The molecule has 1 aliphatic rings. The molecule has 0 radical (unpaired) electrons. The molecule has 2 aromatic carbocycles. The fourth-order valence-electron chi connectivity index (χ4n) is 3.59. The number of nitrogens with zero attached hydrogens (tertiary/aromatic N) is 2. The quantitative estimate of drug-likeness (QED) is 0.374. The number of aryl methyl sites for hydroxylation is 2. The van der Waals surface area contributed by atoms with Gasteiger partial charge in [0, 0.05) is 55.1 Å². The summed E-state index contributed by atoms with van der Waals surface area (Å²) in [6.07, 6.45) is 0. The maximum atomic E-state index is 11.3. The van der Waals surface area contributed by atoms with Crippen LogP contribution in [-0.4, -0.2) is 42.3 Å². The van der Waals surface area contributed by atoms with Crippen LogP contribution in [0.5, 0.6) is 11.5 Å². The smallest absolute Gasteiger partial charge is 0.224 e. The van der Waals surface area contributed by atoms with Gasteiger partial charge < -0.3 is 10.2 Å². The molecule has 12 heteroatoms. The summed E-state index contributed by atoms with van der Waals surface area (Å²) in [6.45, 7) is 3.37. The number of phenols is 2. The predicted molar refractivity (Wildman–Crippen MR) is 142 cm³/mol. The van der Waals surface area contributed by atoms with E-state index in [4.69, 9.17) is 0 Å². The molecule has 184 valence electrons. The summed E-state index contributed by atoms with van der Waals surface area (Å²) < 4.78 is -0.717. The van der Waals surface area contributed by atoms with Crippen LogP contribution in [0.3, 0.4) is 0 Å². The van der Waals surface area contributed by atoms with Crippen molar-refractivity contribution in [2.24, 2.45) is 0 Å². The lowest BCUT2D eigenvalue weighted by Crippen LogP contribution is -2.15. The first-order valence-corrected chi connectivity index (χ1v) is 14.6. The maximum absolute atomic E-state index is 11.3. The Kier molecular flexibility index (Phi) is 9.69. The Hall–Kier alpha value is -1.76. The Labute approximate surface area is 215 Å². The van der Waals surface area contributed by atoms with Gasteiger partial charge in [-0.2, -0.15) is 0 Å². The Morgan fingerprint density at radius 1 is 0.706 bits per heavy atom. The van der Waals surface area contributed by atoms with Gasteiger partial charge in [-0.05, 0) is 13.8 Å². The number of hydrogen-bond acceptors (Lipinski definition) is 10. The zero-order valence-electron chi connectivity index (χ0n) is 18.8. The third-order valence-electron chi connectivity index (χ3n) is 5.12. The van der Waals surface area contributed by atoms with E-state index in [-0.39, 0.29) is 43.6 Å². The number of thioether (sulfide) groups is 4. The van der Waals surface area contributed by atoms with Crippen LogP contribution in [0.1, 0.15) is 33.4 Å². The predicted octanol–water partition coefficient (Wildman–Crippen LogP) is 5.57. The third-order valence-corrected chi connectivity index (χ3v) is 10.7. The van der Waals surface area contributed by atoms with Crippen LogP contribution in [0.2, 0.25) is 0 Å². The fourth-order valence-corrected chi connectivity index (χ4v) is 8.43. The summed E-state index contributed by atoms with van der Waals surface area (Å²) in [4.78, 5) is 21.8. The Morgan fingerprint density at radius 2 is 0.971 bits per heavy atom. The van der Waals surface area contributed by atoms with Gasteiger partial charge in [0.2, 0.25) is 13.1 Å². The van der Waals surface area contributed by atoms with E-state index in [2.05, 4.69) is 0 Å². The van der Waals surface area contributed by atoms with Crippen LogP contribution in [-0.2, 0) is 23.0 Å². The van der Waals surface area contributed by atoms with Crippen LogP contribution in [0.25, 0.3) is 0 Å². The highest BCUT2D eigenvalue weighted by molar-refractivity contribution is 8.16. The van der Waals surface area contributed by atoms with Crippen molar-refractivity contribution in [1.82, 2.24) is 0 Å². The van der Waals surface area contributed by atoms with Gasteiger partial charge in [-0.1, -0.05) is 35.4 Å². The number of hydrogen-bond donors (Lipinski definition) is 2. The van der Waals surface area contributed by atoms with Crippen molar-refractivity contribution in [1.29, 1.82) is 0 Å². The molecule has 0 fully saturated rings. The van der Waals surface area contributed by atoms with Crippen molar-refractivity contribution < 1.29 is 20.1 Å². The van der Waals surface area contributed by atoms with Crippen molar-refractivity contribution in [3.8, 4) is 11.5 Å². The van der Waals surface area contributed by atoms with E-state index in [9.17, 15) is 30.4 Å². The molecule has 0 saturated carbocycles. The molecular formula is C22H26N2O6S4. The molecule has 1 heterocycles. The molecule has 0 aromatic heterocycles. The SMILES string of the molecule is Cc1cc2c(O)c(c1)CSC(C[N+](=O)[O-])SCc1cc(C)cc(c1O)CSC(C[N+](=O)[O-])SC2. The van der Waals surface area contributed by atoms with Crippen LogP contribution < -0.4 is 0 Å². The number of aromatic hydroxyl groups is 2. The Balaban J connectivity index is 1.96. The Bertz CT molecular complexity index is 926. The summed E-state index contributed by atoms with van der Waals surface area (Å²) >= 11 is 5.58. The second-order valence-electron chi connectivity index (χ2n) is 8.00. The lowest BCUT2D eigenvalue weighted by atomic mass is 10.1. The van der Waals surface area contributed by atoms with Crippen molar-refractivity contribution in [2.75, 3.05) is 13.1 Å². The number of phenolic OH excluding ortho intramolecular Hbond substituents is 2. The van der Waals surface area contributed by atoms with Gasteiger partial charge in [-0.25, -0.2) is 0 Å². The molecule has 0 aliphatic carbocycles. The molecule has 4 bridgehead atoms. The number of benzene rings is 2. The average Bonchev–Trinajstić information content (AvgIpc) is 2.75. The van der Waals surface area contributed by atoms with E-state index in [1.807, 2.05) is 38.1 Å². The second kappa shape index (κ2) is 12.3. The molecule has 8 nitrogen and oxygen atoms in total. The van der Waals surface area contributed by atoms with E-state index >= 15 is 0 Å². The summed E-state index contributed by atoms with van der Waals surface area (Å²) in [5.74, 6) is 1.88. The van der Waals surface area contributed by atoms with E-state index in [0.29, 0.717) is 45.3 Å². The van der Waals surface area contributed by atoms with E-state index in [1.54, 1.807) is 0 Å². The maximum Gasteiger partial charge on any atom is 0.224 e. The molecule has 0 unspecified atom stereocenters. The summed E-state index contributed by atoms with van der Waals surface area (Å²) in [5, 5.41) is 44.2. The molecule has 2 N–H and O–H groups in total. The highest BCUT2D eigenvalue weighted by atomic mass is 32.2. The number of rotatable bonds is 4. The van der Waals surface area contributed by atoms with Gasteiger partial charge in [-0.15, -0.1) is 47.0 Å². The van der Waals surface area contributed by atoms with Crippen molar-refractivity contribution in [2.45, 2.75) is 46.0 Å². The van der Waals surface area contributed by atoms with Gasteiger partial charge >= 0.3 is 0 Å². The van der Waals surface area contributed by atoms with Crippen molar-refractivity contribution in [3.05, 3.63) is 77.9 Å². The monoisotopic (exact) mass is 542 g/mol. The minimum atomic E-state index is -0.358. The highest BCUT2D eigenvalue weighted by Crippen LogP contribution is 2.40. The Morgan fingerprint density at radius 3 is 1.21 bits per heavy atom.